The Morgan fingerprint density at radius 2 is 2.00 bits per heavy atom. The molecule has 1 aliphatic heterocycles. The van der Waals surface area contributed by atoms with Crippen LogP contribution in [0.25, 0.3) is 0 Å². The van der Waals surface area contributed by atoms with Crippen LogP contribution in [0, 0.1) is 0 Å². The first-order valence-corrected chi connectivity index (χ1v) is 7.71. The number of aryl methyl sites for hydroxylation is 1. The molecule has 0 fully saturated rings. The molecule has 0 N–H and O–H groups in total. The second-order valence-electron chi connectivity index (χ2n) is 5.40. The number of esters is 1. The standard InChI is InChI=1S/C14H18O4S/c1-5-9-6-10-8-14(2,3)19(16,17)12(10)7-11(9)13(15)18-4/h6-7H,5,8H2,1-4H3. The summed E-state index contributed by atoms with van der Waals surface area (Å²) < 4.78 is 28.7. The number of carbonyl (C=O) groups excluding carboxylic acids is 1. The zero-order chi connectivity index (χ0) is 14.4. The summed E-state index contributed by atoms with van der Waals surface area (Å²) in [4.78, 5) is 12.0. The van der Waals surface area contributed by atoms with Gasteiger partial charge in [-0.1, -0.05) is 13.0 Å². The summed E-state index contributed by atoms with van der Waals surface area (Å²) in [5.74, 6) is -0.487. The zero-order valence-electron chi connectivity index (χ0n) is 11.6. The number of carbonyl (C=O) groups is 1. The van der Waals surface area contributed by atoms with Crippen LogP contribution in [0.2, 0.25) is 0 Å². The van der Waals surface area contributed by atoms with E-state index in [9.17, 15) is 13.2 Å². The van der Waals surface area contributed by atoms with Crippen molar-refractivity contribution < 1.29 is 17.9 Å². The van der Waals surface area contributed by atoms with Crippen LogP contribution >= 0.6 is 0 Å². The number of benzene rings is 1. The van der Waals surface area contributed by atoms with Gasteiger partial charge < -0.3 is 4.74 Å². The average Bonchev–Trinajstić information content (AvgIpc) is 2.53. The van der Waals surface area contributed by atoms with Gasteiger partial charge in [-0.2, -0.15) is 0 Å². The first-order valence-electron chi connectivity index (χ1n) is 6.23. The Hall–Kier alpha value is -1.36. The minimum absolute atomic E-state index is 0.273. The summed E-state index contributed by atoms with van der Waals surface area (Å²) >= 11 is 0. The molecule has 1 aromatic rings. The predicted octanol–water partition coefficient (Wildman–Crippen LogP) is 2.14. The van der Waals surface area contributed by atoms with Crippen LogP contribution in [0.1, 0.15) is 42.3 Å². The van der Waals surface area contributed by atoms with E-state index >= 15 is 0 Å². The average molecular weight is 282 g/mol. The molecule has 104 valence electrons. The lowest BCUT2D eigenvalue weighted by atomic mass is 9.97. The van der Waals surface area contributed by atoms with E-state index in [0.717, 1.165) is 11.1 Å². The molecule has 0 bridgehead atoms. The van der Waals surface area contributed by atoms with E-state index in [4.69, 9.17) is 4.74 Å². The number of ether oxygens (including phenoxy) is 1. The number of methoxy groups -OCH3 is 1. The van der Waals surface area contributed by atoms with Crippen molar-refractivity contribution in [2.24, 2.45) is 0 Å². The Balaban J connectivity index is 2.71. The van der Waals surface area contributed by atoms with Gasteiger partial charge in [0.2, 0.25) is 0 Å². The molecular weight excluding hydrogens is 264 g/mol. The molecule has 1 heterocycles. The second-order valence-corrected chi connectivity index (χ2v) is 7.95. The van der Waals surface area contributed by atoms with Gasteiger partial charge in [0.1, 0.15) is 0 Å². The van der Waals surface area contributed by atoms with Crippen molar-refractivity contribution in [2.75, 3.05) is 7.11 Å². The molecule has 5 heteroatoms. The smallest absolute Gasteiger partial charge is 0.338 e. The fraction of sp³-hybridized carbons (Fsp3) is 0.500. The molecule has 0 atom stereocenters. The minimum Gasteiger partial charge on any atom is -0.465 e. The third kappa shape index (κ3) is 1.96. The number of sulfone groups is 1. The van der Waals surface area contributed by atoms with Gasteiger partial charge in [-0.3, -0.25) is 0 Å². The van der Waals surface area contributed by atoms with Crippen molar-refractivity contribution in [3.8, 4) is 0 Å². The van der Waals surface area contributed by atoms with Crippen LogP contribution in [-0.4, -0.2) is 26.2 Å². The van der Waals surface area contributed by atoms with Crippen molar-refractivity contribution in [1.29, 1.82) is 0 Å². The minimum atomic E-state index is -3.38. The predicted molar refractivity (Wildman–Crippen MR) is 72.1 cm³/mol. The van der Waals surface area contributed by atoms with Gasteiger partial charge in [-0.25, -0.2) is 13.2 Å². The molecule has 1 aliphatic rings. The van der Waals surface area contributed by atoms with Crippen LogP contribution in [0.5, 0.6) is 0 Å². The first-order chi connectivity index (χ1) is 8.74. The first kappa shape index (κ1) is 14.1. The van der Waals surface area contributed by atoms with Crippen molar-refractivity contribution in [3.05, 3.63) is 28.8 Å². The van der Waals surface area contributed by atoms with Crippen molar-refractivity contribution in [3.63, 3.8) is 0 Å². The molecule has 1 aromatic carbocycles. The summed E-state index contributed by atoms with van der Waals surface area (Å²) in [7, 11) is -2.08. The Bertz CT molecular complexity index is 642. The number of hydrogen-bond donors (Lipinski definition) is 0. The van der Waals surface area contributed by atoms with Gasteiger partial charge >= 0.3 is 5.97 Å². The zero-order valence-corrected chi connectivity index (χ0v) is 12.4. The molecule has 0 amide bonds. The molecule has 0 unspecified atom stereocenters. The summed E-state index contributed by atoms with van der Waals surface area (Å²) in [5, 5.41) is 0. The SMILES string of the molecule is CCc1cc2c(cc1C(=O)OC)S(=O)(=O)C(C)(C)C2. The van der Waals surface area contributed by atoms with Gasteiger partial charge in [-0.15, -0.1) is 0 Å². The van der Waals surface area contributed by atoms with Gasteiger partial charge in [0.15, 0.2) is 9.84 Å². The van der Waals surface area contributed by atoms with E-state index in [1.807, 2.05) is 13.0 Å². The lowest BCUT2D eigenvalue weighted by molar-refractivity contribution is 0.0599. The largest absolute Gasteiger partial charge is 0.465 e. The van der Waals surface area contributed by atoms with E-state index in [-0.39, 0.29) is 4.90 Å². The molecule has 0 saturated carbocycles. The maximum atomic E-state index is 12.4. The monoisotopic (exact) mass is 282 g/mol. The quantitative estimate of drug-likeness (QED) is 0.780. The van der Waals surface area contributed by atoms with Crippen molar-refractivity contribution in [2.45, 2.75) is 43.3 Å². The fourth-order valence-corrected chi connectivity index (χ4v) is 4.20. The van der Waals surface area contributed by atoms with Crippen molar-refractivity contribution in [1.82, 2.24) is 0 Å². The highest BCUT2D eigenvalue weighted by molar-refractivity contribution is 7.93. The lowest BCUT2D eigenvalue weighted by Gasteiger charge is -2.15. The van der Waals surface area contributed by atoms with E-state index in [1.54, 1.807) is 13.8 Å². The molecule has 0 radical (unpaired) electrons. The summed E-state index contributed by atoms with van der Waals surface area (Å²) in [6.07, 6.45) is 1.15. The normalized spacial score (nSPS) is 18.9. The number of hydrogen-bond acceptors (Lipinski definition) is 4. The second kappa shape index (κ2) is 4.34. The third-order valence-corrected chi connectivity index (χ3v) is 6.26. The summed E-state index contributed by atoms with van der Waals surface area (Å²) in [6.45, 7) is 5.36. The highest BCUT2D eigenvalue weighted by Crippen LogP contribution is 2.40. The maximum absolute atomic E-state index is 12.4. The van der Waals surface area contributed by atoms with Crippen LogP contribution < -0.4 is 0 Å². The molecule has 0 aliphatic carbocycles. The molecule has 4 nitrogen and oxygen atoms in total. The van der Waals surface area contributed by atoms with Gasteiger partial charge in [0, 0.05) is 0 Å². The van der Waals surface area contributed by atoms with Crippen molar-refractivity contribution >= 4 is 15.8 Å². The fourth-order valence-electron chi connectivity index (χ4n) is 2.51. The Morgan fingerprint density at radius 1 is 1.37 bits per heavy atom. The highest BCUT2D eigenvalue weighted by atomic mass is 32.2. The highest BCUT2D eigenvalue weighted by Gasteiger charge is 2.44. The lowest BCUT2D eigenvalue weighted by Crippen LogP contribution is -2.27. The summed E-state index contributed by atoms with van der Waals surface area (Å²) in [5.41, 5.74) is 1.98. The molecule has 19 heavy (non-hydrogen) atoms. The Kier molecular flexibility index (Phi) is 3.21. The Morgan fingerprint density at radius 3 is 2.53 bits per heavy atom. The molecule has 0 spiro atoms. The van der Waals surface area contributed by atoms with Gasteiger partial charge in [0.25, 0.3) is 0 Å². The van der Waals surface area contributed by atoms with Crippen LogP contribution in [0.3, 0.4) is 0 Å². The van der Waals surface area contributed by atoms with E-state index in [0.29, 0.717) is 18.4 Å². The van der Waals surface area contributed by atoms with E-state index in [2.05, 4.69) is 0 Å². The van der Waals surface area contributed by atoms with Gasteiger partial charge in [0.05, 0.1) is 22.3 Å². The molecule has 2 rings (SSSR count). The van der Waals surface area contributed by atoms with E-state index in [1.165, 1.54) is 13.2 Å². The maximum Gasteiger partial charge on any atom is 0.338 e. The summed E-state index contributed by atoms with van der Waals surface area (Å²) in [6, 6.07) is 3.30. The Labute approximate surface area is 113 Å². The topological polar surface area (TPSA) is 60.4 Å². The van der Waals surface area contributed by atoms with E-state index < -0.39 is 20.6 Å². The van der Waals surface area contributed by atoms with Gasteiger partial charge in [-0.05, 0) is 43.9 Å². The molecular formula is C14H18O4S. The number of fused-ring (bicyclic) bond motifs is 1. The third-order valence-electron chi connectivity index (χ3n) is 3.71. The van der Waals surface area contributed by atoms with Crippen LogP contribution in [0.4, 0.5) is 0 Å². The number of rotatable bonds is 2. The molecule has 0 saturated heterocycles. The molecule has 0 aromatic heterocycles. The van der Waals surface area contributed by atoms with Crippen LogP contribution in [0.15, 0.2) is 17.0 Å². The van der Waals surface area contributed by atoms with Crippen LogP contribution in [-0.2, 0) is 27.4 Å².